The highest BCUT2D eigenvalue weighted by molar-refractivity contribution is 5.96. The van der Waals surface area contributed by atoms with Gasteiger partial charge in [0, 0.05) is 12.3 Å². The average molecular weight is 284 g/mol. The first-order valence-electron chi connectivity index (χ1n) is 7.17. The first kappa shape index (κ1) is 15.6. The first-order chi connectivity index (χ1) is 9.23. The van der Waals surface area contributed by atoms with Gasteiger partial charge in [0.15, 0.2) is 5.78 Å². The summed E-state index contributed by atoms with van der Waals surface area (Å²) in [6.07, 6.45) is -0.524. The molecule has 5 nitrogen and oxygen atoms in total. The topological polar surface area (TPSA) is 98.0 Å². The zero-order valence-electron chi connectivity index (χ0n) is 12.2. The molecule has 0 aliphatic heterocycles. The van der Waals surface area contributed by atoms with Gasteiger partial charge in [-0.1, -0.05) is 26.8 Å². The van der Waals surface area contributed by atoms with Gasteiger partial charge in [0.2, 0.25) is 0 Å². The maximum atomic E-state index is 12.3. The maximum Gasteiger partial charge on any atom is 0.161 e. The summed E-state index contributed by atoms with van der Waals surface area (Å²) in [7, 11) is 0. The fourth-order valence-corrected chi connectivity index (χ4v) is 3.71. The highest BCUT2D eigenvalue weighted by Crippen LogP contribution is 2.48. The molecule has 1 fully saturated rings. The van der Waals surface area contributed by atoms with Gasteiger partial charge in [0.05, 0.1) is 18.8 Å². The zero-order chi connectivity index (χ0) is 15.2. The summed E-state index contributed by atoms with van der Waals surface area (Å²) >= 11 is 0. The summed E-state index contributed by atoms with van der Waals surface area (Å²) in [6.45, 7) is 4.99. The Hall–Kier alpha value is -0.750. The number of carbonyl (C=O) groups is 1. The molecule has 1 saturated carbocycles. The number of hydrogen-bond donors (Lipinski definition) is 4. The van der Waals surface area contributed by atoms with Gasteiger partial charge in [-0.3, -0.25) is 4.79 Å². The van der Waals surface area contributed by atoms with Gasteiger partial charge in [-0.2, -0.15) is 0 Å². The molecule has 0 radical (unpaired) electrons. The number of ketones is 1. The van der Waals surface area contributed by atoms with E-state index in [9.17, 15) is 25.2 Å². The molecular weight excluding hydrogens is 260 g/mol. The molecule has 0 amide bonds. The van der Waals surface area contributed by atoms with Crippen molar-refractivity contribution in [3.63, 3.8) is 0 Å². The minimum atomic E-state index is -1.68. The first-order valence-corrected chi connectivity index (χ1v) is 7.17. The quantitative estimate of drug-likeness (QED) is 0.566. The van der Waals surface area contributed by atoms with Crippen LogP contribution in [0.3, 0.4) is 0 Å². The zero-order valence-corrected chi connectivity index (χ0v) is 12.2. The van der Waals surface area contributed by atoms with Gasteiger partial charge in [0.25, 0.3) is 0 Å². The molecule has 20 heavy (non-hydrogen) atoms. The van der Waals surface area contributed by atoms with E-state index in [0.717, 1.165) is 0 Å². The second kappa shape index (κ2) is 5.22. The van der Waals surface area contributed by atoms with Crippen LogP contribution in [-0.2, 0) is 4.79 Å². The SMILES string of the molecule is CC(C)C1=C[C@@H]2[C@H](C)[C@@H](O)[C@H](O)[C@H]2[C@](O)(CO)CC1=O. The van der Waals surface area contributed by atoms with Gasteiger partial charge in [-0.25, -0.2) is 0 Å². The number of aliphatic hydroxyl groups excluding tert-OH is 3. The van der Waals surface area contributed by atoms with E-state index in [1.165, 1.54) is 0 Å². The molecule has 0 aromatic rings. The Morgan fingerprint density at radius 2 is 1.95 bits per heavy atom. The number of aliphatic hydroxyl groups is 4. The molecule has 2 aliphatic carbocycles. The van der Waals surface area contributed by atoms with Crippen molar-refractivity contribution in [2.45, 2.75) is 45.0 Å². The van der Waals surface area contributed by atoms with Gasteiger partial charge in [-0.15, -0.1) is 0 Å². The van der Waals surface area contributed by atoms with Crippen molar-refractivity contribution < 1.29 is 25.2 Å². The van der Waals surface area contributed by atoms with Crippen LogP contribution in [0.15, 0.2) is 11.6 Å². The lowest BCUT2D eigenvalue weighted by atomic mass is 9.77. The fourth-order valence-electron chi connectivity index (χ4n) is 3.71. The van der Waals surface area contributed by atoms with Crippen LogP contribution in [0, 0.1) is 23.7 Å². The summed E-state index contributed by atoms with van der Waals surface area (Å²) in [4.78, 5) is 12.3. The second-order valence-electron chi connectivity index (χ2n) is 6.58. The Morgan fingerprint density at radius 3 is 2.45 bits per heavy atom. The minimum absolute atomic E-state index is 0.00581. The fraction of sp³-hybridized carbons (Fsp3) is 0.800. The van der Waals surface area contributed by atoms with Crippen LogP contribution < -0.4 is 0 Å². The van der Waals surface area contributed by atoms with Crippen molar-refractivity contribution in [2.24, 2.45) is 23.7 Å². The third kappa shape index (κ3) is 2.22. The number of hydrogen-bond acceptors (Lipinski definition) is 5. The highest BCUT2D eigenvalue weighted by Gasteiger charge is 2.57. The molecule has 0 heterocycles. The number of carbonyl (C=O) groups excluding carboxylic acids is 1. The Bertz CT molecular complexity index is 430. The molecular formula is C15H24O5. The molecule has 2 aliphatic rings. The van der Waals surface area contributed by atoms with Crippen LogP contribution in [0.25, 0.3) is 0 Å². The van der Waals surface area contributed by atoms with E-state index < -0.39 is 30.3 Å². The van der Waals surface area contributed by atoms with Crippen molar-refractivity contribution >= 4 is 5.78 Å². The largest absolute Gasteiger partial charge is 0.393 e. The standard InChI is InChI=1S/C15H24O5/c1-7(2)9-4-10-8(3)13(18)14(19)12(10)15(20,6-16)5-11(9)17/h4,7-8,10,12-14,16,18-20H,5-6H2,1-3H3/t8-,10+,12-,13+,14+,15+/m0/s1. The Morgan fingerprint density at radius 1 is 1.35 bits per heavy atom. The Balaban J connectivity index is 2.52. The smallest absolute Gasteiger partial charge is 0.161 e. The number of rotatable bonds is 2. The molecule has 0 aromatic carbocycles. The van der Waals surface area contributed by atoms with E-state index in [2.05, 4.69) is 0 Å². The van der Waals surface area contributed by atoms with Crippen molar-refractivity contribution in [2.75, 3.05) is 6.61 Å². The van der Waals surface area contributed by atoms with Gasteiger partial charge in [0.1, 0.15) is 5.60 Å². The normalized spacial score (nSPS) is 45.3. The summed E-state index contributed by atoms with van der Waals surface area (Å²) in [5, 5.41) is 40.4. The lowest BCUT2D eigenvalue weighted by Crippen LogP contribution is -2.49. The molecule has 6 atom stereocenters. The predicted molar refractivity (Wildman–Crippen MR) is 72.7 cm³/mol. The molecule has 114 valence electrons. The molecule has 5 heteroatoms. The van der Waals surface area contributed by atoms with Crippen LogP contribution in [0.1, 0.15) is 27.2 Å². The van der Waals surface area contributed by atoms with Crippen molar-refractivity contribution in [1.29, 1.82) is 0 Å². The molecule has 0 spiro atoms. The van der Waals surface area contributed by atoms with E-state index in [1.54, 1.807) is 13.0 Å². The van der Waals surface area contributed by atoms with Crippen LogP contribution in [0.2, 0.25) is 0 Å². The van der Waals surface area contributed by atoms with Gasteiger partial charge in [-0.05, 0) is 23.3 Å². The van der Waals surface area contributed by atoms with Crippen LogP contribution >= 0.6 is 0 Å². The van der Waals surface area contributed by atoms with E-state index >= 15 is 0 Å². The van der Waals surface area contributed by atoms with E-state index in [1.807, 2.05) is 13.8 Å². The molecule has 0 saturated heterocycles. The number of fused-ring (bicyclic) bond motifs is 1. The highest BCUT2D eigenvalue weighted by atomic mass is 16.3. The summed E-state index contributed by atoms with van der Waals surface area (Å²) < 4.78 is 0. The summed E-state index contributed by atoms with van der Waals surface area (Å²) in [5.74, 6) is -1.50. The Labute approximate surface area is 118 Å². The van der Waals surface area contributed by atoms with Crippen molar-refractivity contribution in [3.05, 3.63) is 11.6 Å². The third-order valence-corrected chi connectivity index (χ3v) is 4.96. The van der Waals surface area contributed by atoms with Gasteiger partial charge < -0.3 is 20.4 Å². The Kier molecular flexibility index (Phi) is 4.08. The van der Waals surface area contributed by atoms with Crippen LogP contribution in [0.5, 0.6) is 0 Å². The lowest BCUT2D eigenvalue weighted by Gasteiger charge is -2.35. The lowest BCUT2D eigenvalue weighted by molar-refractivity contribution is -0.136. The van der Waals surface area contributed by atoms with E-state index in [-0.39, 0.29) is 30.0 Å². The number of allylic oxidation sites excluding steroid dienone is 2. The third-order valence-electron chi connectivity index (χ3n) is 4.96. The summed E-state index contributed by atoms with van der Waals surface area (Å²) in [6, 6.07) is 0. The van der Waals surface area contributed by atoms with Crippen molar-refractivity contribution in [1.82, 2.24) is 0 Å². The van der Waals surface area contributed by atoms with Crippen molar-refractivity contribution in [3.8, 4) is 0 Å². The minimum Gasteiger partial charge on any atom is -0.393 e. The number of Topliss-reactive ketones (excluding diaryl/α,β-unsaturated/α-hetero) is 1. The molecule has 2 rings (SSSR count). The summed E-state index contributed by atoms with van der Waals surface area (Å²) in [5.41, 5.74) is -1.07. The van der Waals surface area contributed by atoms with Crippen LogP contribution in [0.4, 0.5) is 0 Å². The molecule has 0 bridgehead atoms. The molecule has 0 unspecified atom stereocenters. The van der Waals surface area contributed by atoms with Gasteiger partial charge >= 0.3 is 0 Å². The van der Waals surface area contributed by atoms with E-state index in [0.29, 0.717) is 5.57 Å². The average Bonchev–Trinajstić information content (AvgIpc) is 2.53. The molecule has 4 N–H and O–H groups in total. The monoisotopic (exact) mass is 284 g/mol. The maximum absolute atomic E-state index is 12.3. The molecule has 0 aromatic heterocycles. The van der Waals surface area contributed by atoms with E-state index in [4.69, 9.17) is 0 Å². The second-order valence-corrected chi connectivity index (χ2v) is 6.58. The van der Waals surface area contributed by atoms with Crippen LogP contribution in [-0.4, -0.2) is 50.6 Å². The predicted octanol–water partition coefficient (Wildman–Crippen LogP) is -0.131.